The molecule has 1 amide bonds. The highest BCUT2D eigenvalue weighted by Gasteiger charge is 2.52. The molecule has 1 aliphatic carbocycles. The van der Waals surface area contributed by atoms with E-state index in [9.17, 15) is 4.79 Å². The van der Waals surface area contributed by atoms with Gasteiger partial charge in [0.2, 0.25) is 5.91 Å². The van der Waals surface area contributed by atoms with Crippen LogP contribution in [-0.4, -0.2) is 41.8 Å². The summed E-state index contributed by atoms with van der Waals surface area (Å²) in [4.78, 5) is 14.8. The van der Waals surface area contributed by atoms with Crippen LogP contribution in [0.5, 0.6) is 0 Å². The van der Waals surface area contributed by atoms with E-state index in [4.69, 9.17) is 4.74 Å². The topological polar surface area (TPSA) is 41.6 Å². The molecule has 0 bridgehead atoms. The predicted octanol–water partition coefficient (Wildman–Crippen LogP) is 1.26. The Morgan fingerprint density at radius 1 is 1.29 bits per heavy atom. The van der Waals surface area contributed by atoms with E-state index in [1.54, 1.807) is 0 Å². The maximum absolute atomic E-state index is 12.7. The van der Waals surface area contributed by atoms with E-state index in [0.717, 1.165) is 38.9 Å². The molecule has 0 radical (unpaired) electrons. The number of ether oxygens (including phenoxy) is 1. The Bertz CT molecular complexity index is 307. The third-order valence-corrected chi connectivity index (χ3v) is 4.59. The summed E-state index contributed by atoms with van der Waals surface area (Å²) >= 11 is 0. The van der Waals surface area contributed by atoms with Crippen LogP contribution in [0.15, 0.2) is 0 Å². The standard InChI is InChI=1S/C13H22N2O2/c1-10-14-13(6-2-3-7-13)12(16)15(10)11-4-8-17-9-5-11/h10-11,14H,2-9H2,1H3. The molecular formula is C13H22N2O2. The Morgan fingerprint density at radius 3 is 2.59 bits per heavy atom. The van der Waals surface area contributed by atoms with Gasteiger partial charge >= 0.3 is 0 Å². The fourth-order valence-electron chi connectivity index (χ4n) is 3.74. The minimum absolute atomic E-state index is 0.198. The van der Waals surface area contributed by atoms with Gasteiger partial charge in [0, 0.05) is 19.3 Å². The molecule has 3 aliphatic rings. The van der Waals surface area contributed by atoms with Crippen molar-refractivity contribution < 1.29 is 9.53 Å². The van der Waals surface area contributed by atoms with Gasteiger partial charge < -0.3 is 9.64 Å². The second-order valence-electron chi connectivity index (χ2n) is 5.67. The second kappa shape index (κ2) is 4.25. The average Bonchev–Trinajstić information content (AvgIpc) is 2.88. The number of nitrogens with zero attached hydrogens (tertiary/aromatic N) is 1. The first-order valence-electron chi connectivity index (χ1n) is 6.91. The quantitative estimate of drug-likeness (QED) is 0.747. The van der Waals surface area contributed by atoms with E-state index in [1.807, 2.05) is 0 Å². The van der Waals surface area contributed by atoms with E-state index in [1.165, 1.54) is 12.8 Å². The molecular weight excluding hydrogens is 216 g/mol. The largest absolute Gasteiger partial charge is 0.381 e. The van der Waals surface area contributed by atoms with Gasteiger partial charge in [0.25, 0.3) is 0 Å². The van der Waals surface area contributed by atoms with Gasteiger partial charge in [-0.05, 0) is 32.6 Å². The molecule has 3 rings (SSSR count). The van der Waals surface area contributed by atoms with Gasteiger partial charge in [-0.1, -0.05) is 12.8 Å². The molecule has 2 saturated heterocycles. The molecule has 1 N–H and O–H groups in total. The van der Waals surface area contributed by atoms with E-state index in [0.29, 0.717) is 11.9 Å². The van der Waals surface area contributed by atoms with Crippen molar-refractivity contribution in [2.24, 2.45) is 0 Å². The Hall–Kier alpha value is -0.610. The number of amides is 1. The van der Waals surface area contributed by atoms with Gasteiger partial charge in [0.05, 0.1) is 11.7 Å². The first-order chi connectivity index (χ1) is 8.23. The van der Waals surface area contributed by atoms with Crippen LogP contribution in [0.4, 0.5) is 0 Å². The summed E-state index contributed by atoms with van der Waals surface area (Å²) in [5, 5.41) is 3.56. The number of hydrogen-bond acceptors (Lipinski definition) is 3. The zero-order valence-corrected chi connectivity index (χ0v) is 10.6. The Labute approximate surface area is 103 Å². The average molecular weight is 238 g/mol. The zero-order chi connectivity index (χ0) is 11.9. The van der Waals surface area contributed by atoms with Crippen molar-refractivity contribution in [2.75, 3.05) is 13.2 Å². The summed E-state index contributed by atoms with van der Waals surface area (Å²) in [5.41, 5.74) is -0.211. The predicted molar refractivity (Wildman–Crippen MR) is 64.5 cm³/mol. The third kappa shape index (κ3) is 1.78. The van der Waals surface area contributed by atoms with E-state index >= 15 is 0 Å². The first-order valence-corrected chi connectivity index (χ1v) is 6.91. The molecule has 1 saturated carbocycles. The van der Waals surface area contributed by atoms with Crippen molar-refractivity contribution in [2.45, 2.75) is 63.2 Å². The van der Waals surface area contributed by atoms with Gasteiger partial charge in [0.15, 0.2) is 0 Å². The molecule has 2 aliphatic heterocycles. The molecule has 1 atom stereocenters. The van der Waals surface area contributed by atoms with E-state index in [2.05, 4.69) is 17.1 Å². The summed E-state index contributed by atoms with van der Waals surface area (Å²) in [6.07, 6.45) is 6.61. The number of carbonyl (C=O) groups is 1. The molecule has 0 aromatic rings. The van der Waals surface area contributed by atoms with Crippen LogP contribution >= 0.6 is 0 Å². The smallest absolute Gasteiger partial charge is 0.244 e. The molecule has 3 fully saturated rings. The molecule has 4 heteroatoms. The van der Waals surface area contributed by atoms with Crippen LogP contribution < -0.4 is 5.32 Å². The fourth-order valence-corrected chi connectivity index (χ4v) is 3.74. The minimum atomic E-state index is -0.211. The lowest BCUT2D eigenvalue weighted by molar-refractivity contribution is -0.136. The molecule has 96 valence electrons. The van der Waals surface area contributed by atoms with Crippen LogP contribution in [0.25, 0.3) is 0 Å². The highest BCUT2D eigenvalue weighted by molar-refractivity contribution is 5.89. The van der Waals surface area contributed by atoms with E-state index in [-0.39, 0.29) is 11.7 Å². The zero-order valence-electron chi connectivity index (χ0n) is 10.6. The lowest BCUT2D eigenvalue weighted by atomic mass is 9.97. The highest BCUT2D eigenvalue weighted by Crippen LogP contribution is 2.38. The first kappa shape index (κ1) is 11.5. The number of nitrogens with one attached hydrogen (secondary N) is 1. The van der Waals surface area contributed by atoms with Crippen LogP contribution in [0.2, 0.25) is 0 Å². The maximum atomic E-state index is 12.7. The summed E-state index contributed by atoms with van der Waals surface area (Å²) < 4.78 is 5.39. The normalized spacial score (nSPS) is 33.8. The third-order valence-electron chi connectivity index (χ3n) is 4.59. The molecule has 0 aromatic carbocycles. The highest BCUT2D eigenvalue weighted by atomic mass is 16.5. The van der Waals surface area contributed by atoms with Gasteiger partial charge in [0.1, 0.15) is 0 Å². The second-order valence-corrected chi connectivity index (χ2v) is 5.67. The lowest BCUT2D eigenvalue weighted by Gasteiger charge is -2.34. The van der Waals surface area contributed by atoms with Crippen LogP contribution in [0.1, 0.15) is 45.4 Å². The maximum Gasteiger partial charge on any atom is 0.244 e. The lowest BCUT2D eigenvalue weighted by Crippen LogP contribution is -2.47. The van der Waals surface area contributed by atoms with Crippen LogP contribution in [0.3, 0.4) is 0 Å². The summed E-state index contributed by atoms with van der Waals surface area (Å²) in [6, 6.07) is 0.388. The fraction of sp³-hybridized carbons (Fsp3) is 0.923. The molecule has 1 unspecified atom stereocenters. The summed E-state index contributed by atoms with van der Waals surface area (Å²) in [6.45, 7) is 3.72. The van der Waals surface area contributed by atoms with Crippen molar-refractivity contribution in [3.8, 4) is 0 Å². The van der Waals surface area contributed by atoms with Crippen molar-refractivity contribution in [1.82, 2.24) is 10.2 Å². The van der Waals surface area contributed by atoms with Gasteiger partial charge in [-0.25, -0.2) is 0 Å². The molecule has 0 aromatic heterocycles. The number of hydrogen-bond donors (Lipinski definition) is 1. The van der Waals surface area contributed by atoms with Gasteiger partial charge in [-0.3, -0.25) is 10.1 Å². The Balaban J connectivity index is 1.78. The van der Waals surface area contributed by atoms with E-state index < -0.39 is 0 Å². The van der Waals surface area contributed by atoms with Crippen molar-refractivity contribution in [3.05, 3.63) is 0 Å². The van der Waals surface area contributed by atoms with Gasteiger partial charge in [-0.2, -0.15) is 0 Å². The summed E-state index contributed by atoms with van der Waals surface area (Å²) in [7, 11) is 0. The molecule has 4 nitrogen and oxygen atoms in total. The van der Waals surface area contributed by atoms with Crippen molar-refractivity contribution >= 4 is 5.91 Å². The van der Waals surface area contributed by atoms with Crippen LogP contribution in [0, 0.1) is 0 Å². The van der Waals surface area contributed by atoms with Crippen molar-refractivity contribution in [1.29, 1.82) is 0 Å². The summed E-state index contributed by atoms with van der Waals surface area (Å²) in [5.74, 6) is 0.356. The number of rotatable bonds is 1. The number of carbonyl (C=O) groups excluding carboxylic acids is 1. The SMILES string of the molecule is CC1NC2(CCCC2)C(=O)N1C1CCOCC1. The monoisotopic (exact) mass is 238 g/mol. The Morgan fingerprint density at radius 2 is 1.94 bits per heavy atom. The molecule has 17 heavy (non-hydrogen) atoms. The molecule has 2 heterocycles. The van der Waals surface area contributed by atoms with Gasteiger partial charge in [-0.15, -0.1) is 0 Å². The van der Waals surface area contributed by atoms with Crippen molar-refractivity contribution in [3.63, 3.8) is 0 Å². The Kier molecular flexibility index (Phi) is 2.87. The minimum Gasteiger partial charge on any atom is -0.381 e. The van der Waals surface area contributed by atoms with Crippen LogP contribution in [-0.2, 0) is 9.53 Å². The molecule has 1 spiro atoms.